The van der Waals surface area contributed by atoms with E-state index in [1.54, 1.807) is 31.2 Å². The van der Waals surface area contributed by atoms with Crippen LogP contribution in [0.3, 0.4) is 0 Å². The number of anilines is 1. The minimum atomic E-state index is -0.291. The van der Waals surface area contributed by atoms with Crippen molar-refractivity contribution in [1.82, 2.24) is 5.32 Å². The number of ketones is 1. The van der Waals surface area contributed by atoms with Crippen LogP contribution in [0.2, 0.25) is 0 Å². The lowest BCUT2D eigenvalue weighted by Crippen LogP contribution is -2.35. The normalized spacial score (nSPS) is 12.4. The van der Waals surface area contributed by atoms with Crippen molar-refractivity contribution in [2.75, 3.05) is 18.9 Å². The van der Waals surface area contributed by atoms with Crippen molar-refractivity contribution in [2.24, 2.45) is 0 Å². The predicted molar refractivity (Wildman–Crippen MR) is 59.7 cm³/mol. The summed E-state index contributed by atoms with van der Waals surface area (Å²) in [4.78, 5) is 11.8. The summed E-state index contributed by atoms with van der Waals surface area (Å²) >= 11 is 0. The second kappa shape index (κ2) is 5.48. The third-order valence-corrected chi connectivity index (χ3v) is 2.15. The highest BCUT2D eigenvalue weighted by molar-refractivity contribution is 6.00. The van der Waals surface area contributed by atoms with Gasteiger partial charge in [-0.05, 0) is 31.2 Å². The summed E-state index contributed by atoms with van der Waals surface area (Å²) < 4.78 is 0. The van der Waals surface area contributed by atoms with Gasteiger partial charge in [0.1, 0.15) is 0 Å². The van der Waals surface area contributed by atoms with E-state index >= 15 is 0 Å². The van der Waals surface area contributed by atoms with Crippen molar-refractivity contribution in [1.29, 1.82) is 0 Å². The van der Waals surface area contributed by atoms with Gasteiger partial charge in [0, 0.05) is 17.8 Å². The fourth-order valence-electron chi connectivity index (χ4n) is 1.27. The molecule has 0 fully saturated rings. The Kier molecular flexibility index (Phi) is 4.27. The first-order valence-electron chi connectivity index (χ1n) is 4.89. The van der Waals surface area contributed by atoms with E-state index < -0.39 is 0 Å². The SMILES string of the molecule is CC(NCCO)C(=O)c1ccc(N)cc1. The second-order valence-electron chi connectivity index (χ2n) is 3.39. The lowest BCUT2D eigenvalue weighted by molar-refractivity contribution is 0.0948. The fourth-order valence-corrected chi connectivity index (χ4v) is 1.27. The van der Waals surface area contributed by atoms with E-state index in [1.165, 1.54) is 0 Å². The second-order valence-corrected chi connectivity index (χ2v) is 3.39. The van der Waals surface area contributed by atoms with Gasteiger partial charge in [-0.2, -0.15) is 0 Å². The predicted octanol–water partition coefficient (Wildman–Crippen LogP) is 0.422. The standard InChI is InChI=1S/C11H16N2O2/c1-8(13-6-7-14)11(15)9-2-4-10(12)5-3-9/h2-5,8,13-14H,6-7,12H2,1H3. The molecule has 0 aromatic heterocycles. The average molecular weight is 208 g/mol. The molecule has 0 bridgehead atoms. The van der Waals surface area contributed by atoms with E-state index in [0.717, 1.165) is 0 Å². The molecule has 0 amide bonds. The highest BCUT2D eigenvalue weighted by atomic mass is 16.3. The highest BCUT2D eigenvalue weighted by Gasteiger charge is 2.13. The molecular weight excluding hydrogens is 192 g/mol. The minimum absolute atomic E-state index is 0.00319. The zero-order valence-electron chi connectivity index (χ0n) is 8.73. The van der Waals surface area contributed by atoms with Crippen molar-refractivity contribution in [3.8, 4) is 0 Å². The van der Waals surface area contributed by atoms with Crippen LogP contribution in [-0.2, 0) is 0 Å². The Labute approximate surface area is 89.1 Å². The van der Waals surface area contributed by atoms with Crippen LogP contribution in [0.5, 0.6) is 0 Å². The van der Waals surface area contributed by atoms with Crippen LogP contribution in [-0.4, -0.2) is 30.1 Å². The molecule has 0 aliphatic rings. The molecule has 4 heteroatoms. The van der Waals surface area contributed by atoms with E-state index in [0.29, 0.717) is 17.8 Å². The van der Waals surface area contributed by atoms with E-state index in [1.807, 2.05) is 0 Å². The number of rotatable bonds is 5. The number of benzene rings is 1. The number of nitrogen functional groups attached to an aromatic ring is 1. The van der Waals surface area contributed by atoms with Gasteiger partial charge in [0.05, 0.1) is 12.6 Å². The smallest absolute Gasteiger partial charge is 0.179 e. The zero-order chi connectivity index (χ0) is 11.3. The van der Waals surface area contributed by atoms with Crippen molar-refractivity contribution in [3.05, 3.63) is 29.8 Å². The molecule has 1 unspecified atom stereocenters. The van der Waals surface area contributed by atoms with Crippen LogP contribution in [0, 0.1) is 0 Å². The molecule has 1 aromatic carbocycles. The van der Waals surface area contributed by atoms with Crippen LogP contribution in [0.4, 0.5) is 5.69 Å². The fraction of sp³-hybridized carbons (Fsp3) is 0.364. The topological polar surface area (TPSA) is 75.3 Å². The number of hydrogen-bond acceptors (Lipinski definition) is 4. The highest BCUT2D eigenvalue weighted by Crippen LogP contribution is 2.07. The lowest BCUT2D eigenvalue weighted by atomic mass is 10.1. The first kappa shape index (κ1) is 11.7. The molecular formula is C11H16N2O2. The first-order valence-corrected chi connectivity index (χ1v) is 4.89. The van der Waals surface area contributed by atoms with Crippen LogP contribution < -0.4 is 11.1 Å². The first-order chi connectivity index (χ1) is 7.15. The summed E-state index contributed by atoms with van der Waals surface area (Å²) in [7, 11) is 0. The maximum absolute atomic E-state index is 11.8. The third-order valence-electron chi connectivity index (χ3n) is 2.15. The van der Waals surface area contributed by atoms with Crippen molar-refractivity contribution < 1.29 is 9.90 Å². The maximum Gasteiger partial charge on any atom is 0.179 e. The van der Waals surface area contributed by atoms with Gasteiger partial charge in [-0.25, -0.2) is 0 Å². The quantitative estimate of drug-likeness (QED) is 0.484. The monoisotopic (exact) mass is 208 g/mol. The number of nitrogens with two attached hydrogens (primary N) is 1. The van der Waals surface area contributed by atoms with E-state index in [2.05, 4.69) is 5.32 Å². The van der Waals surface area contributed by atoms with E-state index in [-0.39, 0.29) is 18.4 Å². The van der Waals surface area contributed by atoms with Gasteiger partial charge in [0.25, 0.3) is 0 Å². The summed E-state index contributed by atoms with van der Waals surface area (Å²) in [5.74, 6) is 0.00319. The third kappa shape index (κ3) is 3.34. The average Bonchev–Trinajstić information content (AvgIpc) is 2.26. The van der Waals surface area contributed by atoms with Crippen molar-refractivity contribution in [2.45, 2.75) is 13.0 Å². The van der Waals surface area contributed by atoms with E-state index in [9.17, 15) is 4.79 Å². The van der Waals surface area contributed by atoms with Crippen LogP contribution >= 0.6 is 0 Å². The number of Topliss-reactive ketones (excluding diaryl/α,β-unsaturated/α-hetero) is 1. The van der Waals surface area contributed by atoms with Crippen LogP contribution in [0.15, 0.2) is 24.3 Å². The molecule has 4 N–H and O–H groups in total. The molecule has 1 aromatic rings. The van der Waals surface area contributed by atoms with Crippen LogP contribution in [0.25, 0.3) is 0 Å². The molecule has 4 nitrogen and oxygen atoms in total. The molecule has 0 heterocycles. The molecule has 82 valence electrons. The van der Waals surface area contributed by atoms with Gasteiger partial charge < -0.3 is 16.2 Å². The van der Waals surface area contributed by atoms with Gasteiger partial charge in [0.2, 0.25) is 0 Å². The Morgan fingerprint density at radius 1 is 1.47 bits per heavy atom. The van der Waals surface area contributed by atoms with Crippen LogP contribution in [0.1, 0.15) is 17.3 Å². The Morgan fingerprint density at radius 3 is 2.60 bits per heavy atom. The van der Waals surface area contributed by atoms with Gasteiger partial charge >= 0.3 is 0 Å². The van der Waals surface area contributed by atoms with E-state index in [4.69, 9.17) is 10.8 Å². The number of nitrogens with one attached hydrogen (secondary N) is 1. The molecule has 1 atom stereocenters. The molecule has 0 spiro atoms. The number of carbonyl (C=O) groups is 1. The summed E-state index contributed by atoms with van der Waals surface area (Å²) in [5, 5.41) is 11.5. The van der Waals surface area contributed by atoms with Gasteiger partial charge in [-0.1, -0.05) is 0 Å². The molecule has 0 aliphatic carbocycles. The number of hydrogen-bond donors (Lipinski definition) is 3. The summed E-state index contributed by atoms with van der Waals surface area (Å²) in [6.07, 6.45) is 0. The molecule has 0 radical (unpaired) electrons. The lowest BCUT2D eigenvalue weighted by Gasteiger charge is -2.11. The Balaban J connectivity index is 2.63. The number of aliphatic hydroxyl groups excluding tert-OH is 1. The minimum Gasteiger partial charge on any atom is -0.399 e. The summed E-state index contributed by atoms with van der Waals surface area (Å²) in [6, 6.07) is 6.52. The summed E-state index contributed by atoms with van der Waals surface area (Å²) in [5.41, 5.74) is 6.79. The Morgan fingerprint density at radius 2 is 2.07 bits per heavy atom. The largest absolute Gasteiger partial charge is 0.399 e. The summed E-state index contributed by atoms with van der Waals surface area (Å²) in [6.45, 7) is 2.22. The molecule has 15 heavy (non-hydrogen) atoms. The van der Waals surface area contributed by atoms with Gasteiger partial charge in [0.15, 0.2) is 5.78 Å². The van der Waals surface area contributed by atoms with Gasteiger partial charge in [-0.15, -0.1) is 0 Å². The molecule has 0 saturated heterocycles. The molecule has 0 saturated carbocycles. The Bertz CT molecular complexity index is 322. The zero-order valence-corrected chi connectivity index (χ0v) is 8.73. The van der Waals surface area contributed by atoms with Gasteiger partial charge in [-0.3, -0.25) is 4.79 Å². The Hall–Kier alpha value is -1.39. The molecule has 1 rings (SSSR count). The van der Waals surface area contributed by atoms with Crippen molar-refractivity contribution in [3.63, 3.8) is 0 Å². The number of carbonyl (C=O) groups excluding carboxylic acids is 1. The van der Waals surface area contributed by atoms with Crippen molar-refractivity contribution >= 4 is 11.5 Å². The maximum atomic E-state index is 11.8. The number of aliphatic hydroxyl groups is 1. The molecule has 0 aliphatic heterocycles.